The maximum absolute atomic E-state index is 13.7. The molecular weight excluding hydrogens is 333 g/mol. The number of halogens is 3. The Kier molecular flexibility index (Phi) is 4.91. The summed E-state index contributed by atoms with van der Waals surface area (Å²) in [4.78, 5) is 4.02. The average molecular weight is 345 g/mol. The molecule has 1 N–H and O–H groups in total. The molecule has 0 aliphatic carbocycles. The fourth-order valence-corrected chi connectivity index (χ4v) is 2.48. The van der Waals surface area contributed by atoms with Crippen molar-refractivity contribution in [1.29, 1.82) is 0 Å². The number of aromatic nitrogens is 1. The number of hydrogen-bond acceptors (Lipinski definition) is 2. The molecule has 2 rings (SSSR count). The maximum atomic E-state index is 13.7. The molecule has 5 heteroatoms. The number of rotatable bonds is 4. The van der Waals surface area contributed by atoms with Crippen LogP contribution in [0.2, 0.25) is 5.02 Å². The van der Waals surface area contributed by atoms with E-state index >= 15 is 0 Å². The van der Waals surface area contributed by atoms with Gasteiger partial charge >= 0.3 is 0 Å². The van der Waals surface area contributed by atoms with Gasteiger partial charge in [-0.25, -0.2) is 4.39 Å². The van der Waals surface area contributed by atoms with E-state index in [1.807, 2.05) is 6.07 Å². The molecule has 0 amide bonds. The Hall–Kier alpha value is -0.970. The zero-order chi connectivity index (χ0) is 13.8. The largest absolute Gasteiger partial charge is 0.392 e. The molecule has 1 aromatic heterocycles. The normalized spacial score (nSPS) is 12.4. The van der Waals surface area contributed by atoms with Crippen LogP contribution in [0.5, 0.6) is 0 Å². The van der Waals surface area contributed by atoms with Gasteiger partial charge in [0.05, 0.1) is 11.1 Å². The van der Waals surface area contributed by atoms with Crippen molar-refractivity contribution in [2.75, 3.05) is 0 Å². The molecule has 1 atom stereocenters. The van der Waals surface area contributed by atoms with E-state index in [4.69, 9.17) is 11.6 Å². The fraction of sp³-hybridized carbons (Fsp3) is 0.214. The number of hydrogen-bond donors (Lipinski definition) is 1. The first-order valence-electron chi connectivity index (χ1n) is 5.76. The standard InChI is InChI=1S/C14H12BrClFNO/c15-11-4-9(7-18-8-11)5-12(19)6-10-2-1-3-13(16)14(10)17/h1-4,7-8,12,19H,5-6H2. The second-order valence-electron chi connectivity index (χ2n) is 4.29. The quantitative estimate of drug-likeness (QED) is 0.915. The molecule has 19 heavy (non-hydrogen) atoms. The van der Waals surface area contributed by atoms with Crippen molar-refractivity contribution in [2.24, 2.45) is 0 Å². The Morgan fingerprint density at radius 3 is 2.84 bits per heavy atom. The molecule has 0 fully saturated rings. The van der Waals surface area contributed by atoms with Crippen LogP contribution in [0.3, 0.4) is 0 Å². The molecule has 0 aliphatic rings. The molecule has 0 saturated heterocycles. The second-order valence-corrected chi connectivity index (χ2v) is 5.61. The van der Waals surface area contributed by atoms with E-state index in [-0.39, 0.29) is 11.4 Å². The molecule has 0 radical (unpaired) electrons. The number of benzene rings is 1. The van der Waals surface area contributed by atoms with Gasteiger partial charge in [0.1, 0.15) is 5.82 Å². The van der Waals surface area contributed by atoms with Gasteiger partial charge < -0.3 is 5.11 Å². The van der Waals surface area contributed by atoms with E-state index in [0.717, 1.165) is 10.0 Å². The van der Waals surface area contributed by atoms with E-state index in [0.29, 0.717) is 12.0 Å². The highest BCUT2D eigenvalue weighted by Crippen LogP contribution is 2.20. The van der Waals surface area contributed by atoms with Gasteiger partial charge in [0.2, 0.25) is 0 Å². The van der Waals surface area contributed by atoms with E-state index in [2.05, 4.69) is 20.9 Å². The van der Waals surface area contributed by atoms with Crippen molar-refractivity contribution in [3.63, 3.8) is 0 Å². The van der Waals surface area contributed by atoms with Gasteiger partial charge in [0, 0.05) is 29.7 Å². The minimum absolute atomic E-state index is 0.0776. The first kappa shape index (κ1) is 14.4. The number of aliphatic hydroxyl groups excluding tert-OH is 1. The van der Waals surface area contributed by atoms with Crippen LogP contribution in [0.15, 0.2) is 41.1 Å². The van der Waals surface area contributed by atoms with E-state index < -0.39 is 11.9 Å². The van der Waals surface area contributed by atoms with Gasteiger partial charge in [0.15, 0.2) is 0 Å². The third-order valence-corrected chi connectivity index (χ3v) is 3.45. The summed E-state index contributed by atoms with van der Waals surface area (Å²) in [7, 11) is 0. The Bertz CT molecular complexity index is 579. The predicted octanol–water partition coefficient (Wildman–Crippen LogP) is 3.78. The zero-order valence-electron chi connectivity index (χ0n) is 9.98. The summed E-state index contributed by atoms with van der Waals surface area (Å²) in [6.07, 6.45) is 3.32. The number of nitrogens with zero attached hydrogens (tertiary/aromatic N) is 1. The van der Waals surface area contributed by atoms with Crippen LogP contribution in [-0.4, -0.2) is 16.2 Å². The third kappa shape index (κ3) is 4.00. The monoisotopic (exact) mass is 343 g/mol. The Labute approximate surface area is 124 Å². The van der Waals surface area contributed by atoms with Crippen molar-refractivity contribution in [3.8, 4) is 0 Å². The SMILES string of the molecule is OC(Cc1cncc(Br)c1)Cc1cccc(Cl)c1F. The first-order chi connectivity index (χ1) is 9.06. The van der Waals surface area contributed by atoms with Crippen molar-refractivity contribution in [1.82, 2.24) is 4.98 Å². The topological polar surface area (TPSA) is 33.1 Å². The van der Waals surface area contributed by atoms with Crippen LogP contribution in [0.25, 0.3) is 0 Å². The molecule has 100 valence electrons. The van der Waals surface area contributed by atoms with Crippen LogP contribution < -0.4 is 0 Å². The smallest absolute Gasteiger partial charge is 0.145 e. The molecule has 0 saturated carbocycles. The van der Waals surface area contributed by atoms with Gasteiger partial charge in [-0.1, -0.05) is 23.7 Å². The second kappa shape index (κ2) is 6.46. The molecule has 1 unspecified atom stereocenters. The van der Waals surface area contributed by atoms with Crippen molar-refractivity contribution < 1.29 is 9.50 Å². The van der Waals surface area contributed by atoms with Crippen molar-refractivity contribution in [2.45, 2.75) is 18.9 Å². The third-order valence-electron chi connectivity index (χ3n) is 2.72. The van der Waals surface area contributed by atoms with E-state index in [1.165, 1.54) is 6.07 Å². The molecule has 0 aliphatic heterocycles. The summed E-state index contributed by atoms with van der Waals surface area (Å²) >= 11 is 9.02. The molecular formula is C14H12BrClFNO. The zero-order valence-corrected chi connectivity index (χ0v) is 12.3. The lowest BCUT2D eigenvalue weighted by atomic mass is 10.0. The molecule has 2 aromatic rings. The number of aliphatic hydroxyl groups is 1. The van der Waals surface area contributed by atoms with Crippen LogP contribution in [0.1, 0.15) is 11.1 Å². The summed E-state index contributed by atoms with van der Waals surface area (Å²) in [5.74, 6) is -0.462. The summed E-state index contributed by atoms with van der Waals surface area (Å²) in [6, 6.07) is 6.67. The maximum Gasteiger partial charge on any atom is 0.145 e. The summed E-state index contributed by atoms with van der Waals surface area (Å²) in [6.45, 7) is 0. The Morgan fingerprint density at radius 2 is 2.11 bits per heavy atom. The summed E-state index contributed by atoms with van der Waals surface area (Å²) < 4.78 is 14.6. The summed E-state index contributed by atoms with van der Waals surface area (Å²) in [5, 5.41) is 10.1. The number of pyridine rings is 1. The van der Waals surface area contributed by atoms with E-state index in [1.54, 1.807) is 24.5 Å². The van der Waals surface area contributed by atoms with E-state index in [9.17, 15) is 9.50 Å². The van der Waals surface area contributed by atoms with Gasteiger partial charge in [-0.05, 0) is 39.2 Å². The van der Waals surface area contributed by atoms with Crippen LogP contribution in [0.4, 0.5) is 4.39 Å². The summed E-state index contributed by atoms with van der Waals surface area (Å²) in [5.41, 5.74) is 1.31. The van der Waals surface area contributed by atoms with Gasteiger partial charge in [0.25, 0.3) is 0 Å². The lowest BCUT2D eigenvalue weighted by Gasteiger charge is -2.12. The first-order valence-corrected chi connectivity index (χ1v) is 6.93. The van der Waals surface area contributed by atoms with Crippen LogP contribution in [0, 0.1) is 5.82 Å². The molecule has 0 spiro atoms. The molecule has 1 aromatic carbocycles. The average Bonchev–Trinajstić information content (AvgIpc) is 2.35. The minimum atomic E-state index is -0.677. The van der Waals surface area contributed by atoms with Gasteiger partial charge in [-0.2, -0.15) is 0 Å². The highest BCUT2D eigenvalue weighted by molar-refractivity contribution is 9.10. The lowest BCUT2D eigenvalue weighted by Crippen LogP contribution is -2.15. The van der Waals surface area contributed by atoms with Crippen LogP contribution in [-0.2, 0) is 12.8 Å². The highest BCUT2D eigenvalue weighted by Gasteiger charge is 2.12. The van der Waals surface area contributed by atoms with Crippen molar-refractivity contribution in [3.05, 3.63) is 63.1 Å². The fourth-order valence-electron chi connectivity index (χ4n) is 1.87. The predicted molar refractivity (Wildman–Crippen MR) is 76.8 cm³/mol. The van der Waals surface area contributed by atoms with Crippen molar-refractivity contribution >= 4 is 27.5 Å². The molecule has 2 nitrogen and oxygen atoms in total. The highest BCUT2D eigenvalue weighted by atomic mass is 79.9. The minimum Gasteiger partial charge on any atom is -0.392 e. The molecule has 1 heterocycles. The Balaban J connectivity index is 2.05. The Morgan fingerprint density at radius 1 is 1.32 bits per heavy atom. The van der Waals surface area contributed by atoms with Gasteiger partial charge in [-0.3, -0.25) is 4.98 Å². The van der Waals surface area contributed by atoms with Gasteiger partial charge in [-0.15, -0.1) is 0 Å². The lowest BCUT2D eigenvalue weighted by molar-refractivity contribution is 0.174. The van der Waals surface area contributed by atoms with Crippen LogP contribution >= 0.6 is 27.5 Å². The molecule has 0 bridgehead atoms.